The third-order valence-corrected chi connectivity index (χ3v) is 1.44. The lowest BCUT2D eigenvalue weighted by atomic mass is 10.4. The Morgan fingerprint density at radius 2 is 2.08 bits per heavy atom. The van der Waals surface area contributed by atoms with E-state index in [2.05, 4.69) is 15.3 Å². The van der Waals surface area contributed by atoms with Crippen LogP contribution in [-0.2, 0) is 0 Å². The molecule has 66 valence electrons. The molecule has 0 atom stereocenters. The summed E-state index contributed by atoms with van der Waals surface area (Å²) in [6.07, 6.45) is 0. The fourth-order valence-corrected chi connectivity index (χ4v) is 1.13. The van der Waals surface area contributed by atoms with Gasteiger partial charge >= 0.3 is 0 Å². The van der Waals surface area contributed by atoms with Gasteiger partial charge in [-0.2, -0.15) is 0 Å². The van der Waals surface area contributed by atoms with Crippen molar-refractivity contribution >= 4 is 17.4 Å². The van der Waals surface area contributed by atoms with Crippen molar-refractivity contribution in [2.75, 3.05) is 5.32 Å². The van der Waals surface area contributed by atoms with Crippen LogP contribution in [0.25, 0.3) is 0 Å². The Bertz CT molecular complexity index is 253. The minimum atomic E-state index is 0.357. The van der Waals surface area contributed by atoms with Gasteiger partial charge in [-0.25, -0.2) is 9.97 Å². The molecule has 0 saturated heterocycles. The van der Waals surface area contributed by atoms with Crippen LogP contribution in [-0.4, -0.2) is 16.0 Å². The second-order valence-corrected chi connectivity index (χ2v) is 3.31. The number of hydrogen-bond donors (Lipinski definition) is 1. The maximum atomic E-state index is 5.74. The predicted octanol–water partition coefficient (Wildman–Crippen LogP) is 2.26. The molecule has 1 aromatic heterocycles. The summed E-state index contributed by atoms with van der Waals surface area (Å²) in [5.74, 6) is 1.47. The summed E-state index contributed by atoms with van der Waals surface area (Å²) in [7, 11) is 0. The molecule has 4 heteroatoms. The minimum Gasteiger partial charge on any atom is -0.368 e. The highest BCUT2D eigenvalue weighted by Crippen LogP contribution is 2.11. The number of rotatable bonds is 2. The Labute approximate surface area is 77.2 Å². The van der Waals surface area contributed by atoms with Crippen molar-refractivity contribution in [3.63, 3.8) is 0 Å². The first-order valence-corrected chi connectivity index (χ1v) is 4.23. The van der Waals surface area contributed by atoms with Crippen molar-refractivity contribution in [1.29, 1.82) is 0 Å². The first kappa shape index (κ1) is 9.26. The van der Waals surface area contributed by atoms with Crippen molar-refractivity contribution in [3.05, 3.63) is 17.0 Å². The minimum absolute atomic E-state index is 0.357. The molecule has 0 aromatic carbocycles. The molecule has 0 saturated carbocycles. The lowest BCUT2D eigenvalue weighted by molar-refractivity contribution is 0.881. The summed E-state index contributed by atoms with van der Waals surface area (Å²) in [6.45, 7) is 5.91. The van der Waals surface area contributed by atoms with E-state index in [0.717, 1.165) is 5.82 Å². The molecule has 0 aliphatic rings. The molecule has 0 fully saturated rings. The fourth-order valence-electron chi connectivity index (χ4n) is 0.901. The topological polar surface area (TPSA) is 37.8 Å². The van der Waals surface area contributed by atoms with Crippen LogP contribution in [0, 0.1) is 6.92 Å². The van der Waals surface area contributed by atoms with Gasteiger partial charge in [-0.15, -0.1) is 0 Å². The zero-order valence-corrected chi connectivity index (χ0v) is 8.18. The molecule has 1 heterocycles. The van der Waals surface area contributed by atoms with Gasteiger partial charge in [0.05, 0.1) is 0 Å². The molecule has 0 spiro atoms. The summed E-state index contributed by atoms with van der Waals surface area (Å²) < 4.78 is 0. The monoisotopic (exact) mass is 185 g/mol. The molecule has 0 unspecified atom stereocenters. The van der Waals surface area contributed by atoms with Crippen molar-refractivity contribution in [1.82, 2.24) is 9.97 Å². The molecule has 0 radical (unpaired) electrons. The van der Waals surface area contributed by atoms with E-state index in [-0.39, 0.29) is 0 Å². The van der Waals surface area contributed by atoms with Gasteiger partial charge in [0.15, 0.2) is 0 Å². The van der Waals surface area contributed by atoms with Crippen LogP contribution < -0.4 is 5.32 Å². The molecule has 0 aliphatic carbocycles. The van der Waals surface area contributed by atoms with Gasteiger partial charge < -0.3 is 5.32 Å². The summed E-state index contributed by atoms with van der Waals surface area (Å²) in [4.78, 5) is 8.12. The standard InChI is InChI=1S/C8H12ClN3/c1-5(2)10-8-4-7(9)11-6(3)12-8/h4-5H,1-3H3,(H,10,11,12). The van der Waals surface area contributed by atoms with E-state index >= 15 is 0 Å². The number of hydrogen-bond acceptors (Lipinski definition) is 3. The summed E-state index contributed by atoms with van der Waals surface area (Å²) >= 11 is 5.74. The molecule has 1 rings (SSSR count). The lowest BCUT2D eigenvalue weighted by Crippen LogP contribution is -2.11. The van der Waals surface area contributed by atoms with E-state index in [1.807, 2.05) is 20.8 Å². The molecule has 0 bridgehead atoms. The number of nitrogens with one attached hydrogen (secondary N) is 1. The van der Waals surface area contributed by atoms with E-state index in [1.165, 1.54) is 0 Å². The second kappa shape index (κ2) is 3.72. The molecule has 1 N–H and O–H groups in total. The van der Waals surface area contributed by atoms with E-state index < -0.39 is 0 Å². The number of nitrogens with zero attached hydrogens (tertiary/aromatic N) is 2. The lowest BCUT2D eigenvalue weighted by Gasteiger charge is -2.08. The highest BCUT2D eigenvalue weighted by atomic mass is 35.5. The molecule has 0 amide bonds. The Kier molecular flexibility index (Phi) is 2.87. The molecule has 1 aromatic rings. The molecular weight excluding hydrogens is 174 g/mol. The Morgan fingerprint density at radius 1 is 1.42 bits per heavy atom. The van der Waals surface area contributed by atoms with Gasteiger partial charge in [0.1, 0.15) is 16.8 Å². The van der Waals surface area contributed by atoms with Crippen LogP contribution in [0.3, 0.4) is 0 Å². The zero-order valence-electron chi connectivity index (χ0n) is 7.43. The van der Waals surface area contributed by atoms with Crippen LogP contribution >= 0.6 is 11.6 Å². The summed E-state index contributed by atoms with van der Waals surface area (Å²) in [6, 6.07) is 2.07. The largest absolute Gasteiger partial charge is 0.368 e. The van der Waals surface area contributed by atoms with Crippen LogP contribution in [0.1, 0.15) is 19.7 Å². The van der Waals surface area contributed by atoms with Crippen LogP contribution in [0.5, 0.6) is 0 Å². The van der Waals surface area contributed by atoms with E-state index in [4.69, 9.17) is 11.6 Å². The summed E-state index contributed by atoms with van der Waals surface area (Å²) in [5, 5.41) is 3.63. The highest BCUT2D eigenvalue weighted by Gasteiger charge is 2.00. The molecule has 12 heavy (non-hydrogen) atoms. The number of anilines is 1. The third-order valence-electron chi connectivity index (χ3n) is 1.24. The zero-order chi connectivity index (χ0) is 9.14. The van der Waals surface area contributed by atoms with Gasteiger partial charge in [0.25, 0.3) is 0 Å². The van der Waals surface area contributed by atoms with Crippen LogP contribution in [0.15, 0.2) is 6.07 Å². The maximum Gasteiger partial charge on any atom is 0.134 e. The van der Waals surface area contributed by atoms with E-state index in [9.17, 15) is 0 Å². The van der Waals surface area contributed by atoms with Gasteiger partial charge in [-0.1, -0.05) is 11.6 Å². The first-order chi connectivity index (χ1) is 5.58. The molecule has 0 aliphatic heterocycles. The van der Waals surface area contributed by atoms with Crippen molar-refractivity contribution in [2.45, 2.75) is 26.8 Å². The average Bonchev–Trinajstić information content (AvgIpc) is 1.81. The summed E-state index contributed by atoms with van der Waals surface area (Å²) in [5.41, 5.74) is 0. The van der Waals surface area contributed by atoms with Crippen molar-refractivity contribution < 1.29 is 0 Å². The van der Waals surface area contributed by atoms with Crippen LogP contribution in [0.2, 0.25) is 5.15 Å². The smallest absolute Gasteiger partial charge is 0.134 e. The molecule has 3 nitrogen and oxygen atoms in total. The normalized spacial score (nSPS) is 10.4. The van der Waals surface area contributed by atoms with Gasteiger partial charge in [-0.3, -0.25) is 0 Å². The van der Waals surface area contributed by atoms with Gasteiger partial charge in [0.2, 0.25) is 0 Å². The quantitative estimate of drug-likeness (QED) is 0.719. The number of aromatic nitrogens is 2. The van der Waals surface area contributed by atoms with Crippen LogP contribution in [0.4, 0.5) is 5.82 Å². The Hall–Kier alpha value is -0.830. The number of halogens is 1. The fraction of sp³-hybridized carbons (Fsp3) is 0.500. The van der Waals surface area contributed by atoms with Gasteiger partial charge in [0, 0.05) is 12.1 Å². The Balaban J connectivity index is 2.85. The Morgan fingerprint density at radius 3 is 2.58 bits per heavy atom. The highest BCUT2D eigenvalue weighted by molar-refractivity contribution is 6.29. The van der Waals surface area contributed by atoms with E-state index in [0.29, 0.717) is 17.0 Å². The molecular formula is C8H12ClN3. The van der Waals surface area contributed by atoms with Crippen molar-refractivity contribution in [3.8, 4) is 0 Å². The third kappa shape index (κ3) is 2.66. The maximum absolute atomic E-state index is 5.74. The van der Waals surface area contributed by atoms with Crippen molar-refractivity contribution in [2.24, 2.45) is 0 Å². The SMILES string of the molecule is Cc1nc(Cl)cc(NC(C)C)n1. The second-order valence-electron chi connectivity index (χ2n) is 2.92. The van der Waals surface area contributed by atoms with Gasteiger partial charge in [-0.05, 0) is 20.8 Å². The average molecular weight is 186 g/mol. The first-order valence-electron chi connectivity index (χ1n) is 3.85. The number of aryl methyl sites for hydroxylation is 1. The van der Waals surface area contributed by atoms with E-state index in [1.54, 1.807) is 6.07 Å². The predicted molar refractivity (Wildman–Crippen MR) is 50.5 cm³/mol.